The monoisotopic (exact) mass is 461 g/mol. The van der Waals surface area contributed by atoms with E-state index in [9.17, 15) is 4.79 Å². The van der Waals surface area contributed by atoms with Crippen LogP contribution in [0.1, 0.15) is 41.6 Å². The number of carbonyl (C=O) groups is 1. The van der Waals surface area contributed by atoms with Crippen LogP contribution in [0.2, 0.25) is 5.02 Å². The second kappa shape index (κ2) is 12.2. The number of halogens is 1. The van der Waals surface area contributed by atoms with Gasteiger partial charge in [-0.15, -0.1) is 0 Å². The molecule has 0 bridgehead atoms. The molecule has 0 saturated carbocycles. The van der Waals surface area contributed by atoms with Gasteiger partial charge in [-0.05, 0) is 85.6 Å². The average Bonchev–Trinajstić information content (AvgIpc) is 2.78. The van der Waals surface area contributed by atoms with Gasteiger partial charge in [0.1, 0.15) is 0 Å². The molecule has 2 aromatic carbocycles. The molecule has 4 nitrogen and oxygen atoms in total. The Kier molecular flexibility index (Phi) is 9.30. The molecule has 1 fully saturated rings. The largest absolute Gasteiger partial charge is 0.362 e. The molecule has 0 atom stereocenters. The van der Waals surface area contributed by atoms with E-state index in [-0.39, 0.29) is 5.91 Å². The number of thioether (sulfide) groups is 1. The average molecular weight is 462 g/mol. The summed E-state index contributed by atoms with van der Waals surface area (Å²) >= 11 is 13.2. The summed E-state index contributed by atoms with van der Waals surface area (Å²) in [5, 5.41) is 7.81. The standard InChI is InChI=1S/C23H28ClN3OS2/c24-20-9-5-18(6-10-20)17-30-16-4-13-25-23(29)26-21-11-7-19(8-12-21)22(28)27-14-2-1-3-15-27/h5-12H,1-4,13-17H2,(H2,25,26,29). The smallest absolute Gasteiger partial charge is 0.253 e. The van der Waals surface area contributed by atoms with Crippen molar-refractivity contribution in [1.29, 1.82) is 0 Å². The first-order valence-corrected chi connectivity index (χ1v) is 12.3. The number of anilines is 1. The number of amides is 1. The van der Waals surface area contributed by atoms with E-state index in [1.165, 1.54) is 12.0 Å². The van der Waals surface area contributed by atoms with E-state index >= 15 is 0 Å². The highest BCUT2D eigenvalue weighted by Gasteiger charge is 2.17. The molecule has 0 unspecified atom stereocenters. The van der Waals surface area contributed by atoms with Gasteiger partial charge in [0.25, 0.3) is 5.91 Å². The minimum atomic E-state index is 0.123. The summed E-state index contributed by atoms with van der Waals surface area (Å²) in [5.41, 5.74) is 2.91. The maximum atomic E-state index is 12.5. The Labute approximate surface area is 193 Å². The van der Waals surface area contributed by atoms with Gasteiger partial charge in [-0.2, -0.15) is 11.8 Å². The van der Waals surface area contributed by atoms with E-state index in [1.807, 2.05) is 53.1 Å². The van der Waals surface area contributed by atoms with Crippen LogP contribution >= 0.6 is 35.6 Å². The van der Waals surface area contributed by atoms with Crippen molar-refractivity contribution in [2.24, 2.45) is 0 Å². The van der Waals surface area contributed by atoms with Gasteiger partial charge in [-0.1, -0.05) is 23.7 Å². The summed E-state index contributed by atoms with van der Waals surface area (Å²) in [6.07, 6.45) is 4.46. The van der Waals surface area contributed by atoms with Crippen LogP contribution in [0.3, 0.4) is 0 Å². The second-order valence-corrected chi connectivity index (χ2v) is 9.29. The minimum absolute atomic E-state index is 0.123. The summed E-state index contributed by atoms with van der Waals surface area (Å²) in [6, 6.07) is 15.6. The van der Waals surface area contributed by atoms with Crippen LogP contribution in [0.25, 0.3) is 0 Å². The van der Waals surface area contributed by atoms with E-state index in [2.05, 4.69) is 22.8 Å². The third kappa shape index (κ3) is 7.49. The van der Waals surface area contributed by atoms with Gasteiger partial charge in [-0.25, -0.2) is 0 Å². The maximum absolute atomic E-state index is 12.5. The molecule has 30 heavy (non-hydrogen) atoms. The number of likely N-dealkylation sites (tertiary alicyclic amines) is 1. The predicted octanol–water partition coefficient (Wildman–Crippen LogP) is 5.58. The Hall–Kier alpha value is -1.76. The molecule has 1 aliphatic heterocycles. The highest BCUT2D eigenvalue weighted by atomic mass is 35.5. The molecule has 1 amide bonds. The van der Waals surface area contributed by atoms with Crippen LogP contribution in [-0.2, 0) is 5.75 Å². The van der Waals surface area contributed by atoms with Gasteiger partial charge < -0.3 is 15.5 Å². The summed E-state index contributed by atoms with van der Waals surface area (Å²) in [5.74, 6) is 2.17. The molecule has 7 heteroatoms. The third-order valence-electron chi connectivity index (χ3n) is 4.97. The molecule has 2 aromatic rings. The molecule has 0 spiro atoms. The van der Waals surface area contributed by atoms with Crippen molar-refractivity contribution >= 4 is 52.3 Å². The van der Waals surface area contributed by atoms with Crippen LogP contribution in [-0.4, -0.2) is 41.3 Å². The van der Waals surface area contributed by atoms with Gasteiger partial charge in [0, 0.05) is 41.7 Å². The zero-order valence-corrected chi connectivity index (χ0v) is 19.4. The van der Waals surface area contributed by atoms with Crippen molar-refractivity contribution in [3.05, 3.63) is 64.7 Å². The van der Waals surface area contributed by atoms with Crippen molar-refractivity contribution in [1.82, 2.24) is 10.2 Å². The van der Waals surface area contributed by atoms with Crippen molar-refractivity contribution in [2.45, 2.75) is 31.4 Å². The zero-order chi connectivity index (χ0) is 21.2. The first-order valence-electron chi connectivity index (χ1n) is 10.4. The SMILES string of the molecule is O=C(c1ccc(NC(=S)NCCCSCc2ccc(Cl)cc2)cc1)N1CCCCC1. The first-order chi connectivity index (χ1) is 14.6. The molecule has 2 N–H and O–H groups in total. The van der Waals surface area contributed by atoms with E-state index in [1.54, 1.807) is 0 Å². The molecule has 3 rings (SSSR count). The lowest BCUT2D eigenvalue weighted by atomic mass is 10.1. The molecule has 0 aliphatic carbocycles. The Balaban J connectivity index is 1.31. The van der Waals surface area contributed by atoms with Crippen LogP contribution in [0.15, 0.2) is 48.5 Å². The lowest BCUT2D eigenvalue weighted by molar-refractivity contribution is 0.0724. The fourth-order valence-electron chi connectivity index (χ4n) is 3.30. The molecule has 1 aliphatic rings. The number of piperidine rings is 1. The minimum Gasteiger partial charge on any atom is -0.362 e. The summed E-state index contributed by atoms with van der Waals surface area (Å²) < 4.78 is 0. The van der Waals surface area contributed by atoms with E-state index in [0.717, 1.165) is 66.7 Å². The van der Waals surface area contributed by atoms with Crippen molar-refractivity contribution in [2.75, 3.05) is 30.7 Å². The van der Waals surface area contributed by atoms with Crippen LogP contribution < -0.4 is 10.6 Å². The van der Waals surface area contributed by atoms with Gasteiger partial charge in [0.15, 0.2) is 5.11 Å². The fourth-order valence-corrected chi connectivity index (χ4v) is 4.56. The van der Waals surface area contributed by atoms with Gasteiger partial charge in [0.2, 0.25) is 0 Å². The highest BCUT2D eigenvalue weighted by Crippen LogP contribution is 2.17. The molecule has 0 aromatic heterocycles. The molecule has 1 heterocycles. The Morgan fingerprint density at radius 1 is 1.03 bits per heavy atom. The lowest BCUT2D eigenvalue weighted by Gasteiger charge is -2.26. The molecule has 0 radical (unpaired) electrons. The number of rotatable bonds is 8. The summed E-state index contributed by atoms with van der Waals surface area (Å²) in [7, 11) is 0. The number of hydrogen-bond acceptors (Lipinski definition) is 3. The van der Waals surface area contributed by atoms with E-state index in [4.69, 9.17) is 23.8 Å². The number of nitrogens with zero attached hydrogens (tertiary/aromatic N) is 1. The molecule has 160 valence electrons. The van der Waals surface area contributed by atoms with Gasteiger partial charge in [-0.3, -0.25) is 4.79 Å². The van der Waals surface area contributed by atoms with Crippen LogP contribution in [0.4, 0.5) is 5.69 Å². The first kappa shape index (κ1) is 22.9. The maximum Gasteiger partial charge on any atom is 0.253 e. The van der Waals surface area contributed by atoms with E-state index in [0.29, 0.717) is 5.11 Å². The summed E-state index contributed by atoms with van der Waals surface area (Å²) in [6.45, 7) is 2.56. The number of hydrogen-bond donors (Lipinski definition) is 2. The van der Waals surface area contributed by atoms with Crippen molar-refractivity contribution < 1.29 is 4.79 Å². The number of thiocarbonyl (C=S) groups is 1. The predicted molar refractivity (Wildman–Crippen MR) is 133 cm³/mol. The Bertz CT molecular complexity index is 821. The topological polar surface area (TPSA) is 44.4 Å². The second-order valence-electron chi connectivity index (χ2n) is 7.34. The van der Waals surface area contributed by atoms with Gasteiger partial charge >= 0.3 is 0 Å². The van der Waals surface area contributed by atoms with Crippen molar-refractivity contribution in [3.63, 3.8) is 0 Å². The van der Waals surface area contributed by atoms with Crippen LogP contribution in [0.5, 0.6) is 0 Å². The summed E-state index contributed by atoms with van der Waals surface area (Å²) in [4.78, 5) is 14.5. The third-order valence-corrected chi connectivity index (χ3v) is 6.58. The normalized spacial score (nSPS) is 13.7. The molecule has 1 saturated heterocycles. The number of nitrogens with one attached hydrogen (secondary N) is 2. The van der Waals surface area contributed by atoms with Crippen LogP contribution in [0, 0.1) is 0 Å². The quantitative estimate of drug-likeness (QED) is 0.397. The Morgan fingerprint density at radius 2 is 1.73 bits per heavy atom. The number of carbonyl (C=O) groups excluding carboxylic acids is 1. The van der Waals surface area contributed by atoms with Crippen molar-refractivity contribution in [3.8, 4) is 0 Å². The highest BCUT2D eigenvalue weighted by molar-refractivity contribution is 7.98. The fraction of sp³-hybridized carbons (Fsp3) is 0.391. The number of benzene rings is 2. The molecular formula is C23H28ClN3OS2. The van der Waals surface area contributed by atoms with Gasteiger partial charge in [0.05, 0.1) is 0 Å². The zero-order valence-electron chi connectivity index (χ0n) is 17.0. The Morgan fingerprint density at radius 3 is 2.43 bits per heavy atom. The molecular weight excluding hydrogens is 434 g/mol. The van der Waals surface area contributed by atoms with E-state index < -0.39 is 0 Å². The lowest BCUT2D eigenvalue weighted by Crippen LogP contribution is -2.35.